The van der Waals surface area contributed by atoms with Crippen molar-refractivity contribution in [3.05, 3.63) is 179 Å². The van der Waals surface area contributed by atoms with E-state index in [1.165, 1.54) is 83.3 Å². The second-order valence-electron chi connectivity index (χ2n) is 16.3. The summed E-state index contributed by atoms with van der Waals surface area (Å²) >= 11 is 0. The zero-order chi connectivity index (χ0) is 46.8. The third-order valence-corrected chi connectivity index (χ3v) is 12.9. The van der Waals surface area contributed by atoms with Crippen molar-refractivity contribution in [1.29, 1.82) is 0 Å². The molecule has 65 heavy (non-hydrogen) atoms. The standard InChI is InChI=1S/C52H45N3.5C2H6/c1-34-17-16-22-38(31-35-32-43-39-23-10-13-26-44(39)52(2,3)45(43)33-49(35)53(34)36-18-6-4-7-19-36)54-47-28-15-12-25-42(47)50-48(54)30-29-41-40-24-11-14-27-46(40)55(51(41)50)37-20-8-5-9-21-37;5*1-2/h4-8,10-12,14,16-20,22-25,27,29-30,32-33H,1,9,13,15,21,26,28,31H2,2-3H3;5*1-2H3/b17-16-,38-22+;;;;;. The summed E-state index contributed by atoms with van der Waals surface area (Å²) in [5.74, 6) is 0. The van der Waals surface area contributed by atoms with Gasteiger partial charge in [0.05, 0.1) is 22.2 Å². The van der Waals surface area contributed by atoms with Crippen LogP contribution in [0.2, 0.25) is 0 Å². The zero-order valence-corrected chi connectivity index (χ0v) is 41.8. The first-order valence-corrected chi connectivity index (χ1v) is 25.1. The molecule has 0 N–H and O–H groups in total. The topological polar surface area (TPSA) is 13.1 Å². The van der Waals surface area contributed by atoms with Gasteiger partial charge in [0.1, 0.15) is 0 Å². The van der Waals surface area contributed by atoms with Crippen molar-refractivity contribution in [2.45, 2.75) is 133 Å². The molecule has 11 rings (SSSR count). The fraction of sp³-hybridized carbons (Fsp3) is 0.323. The molecule has 0 atom stereocenters. The second kappa shape index (κ2) is 21.7. The number of hydrogen-bond acceptors (Lipinski definition) is 1. The number of rotatable bonds is 3. The summed E-state index contributed by atoms with van der Waals surface area (Å²) in [7, 11) is 0. The largest absolute Gasteiger partial charge is 0.316 e. The van der Waals surface area contributed by atoms with Gasteiger partial charge in [0.2, 0.25) is 0 Å². The molecule has 0 bridgehead atoms. The van der Waals surface area contributed by atoms with Gasteiger partial charge in [-0.25, -0.2) is 0 Å². The van der Waals surface area contributed by atoms with E-state index in [0.29, 0.717) is 0 Å². The lowest BCUT2D eigenvalue weighted by Gasteiger charge is -2.31. The van der Waals surface area contributed by atoms with Gasteiger partial charge in [-0.3, -0.25) is 0 Å². The monoisotopic (exact) mass is 862 g/mol. The van der Waals surface area contributed by atoms with Crippen molar-refractivity contribution in [1.82, 2.24) is 9.13 Å². The van der Waals surface area contributed by atoms with E-state index < -0.39 is 0 Å². The quantitative estimate of drug-likeness (QED) is 0.173. The molecule has 3 heterocycles. The number of anilines is 2. The van der Waals surface area contributed by atoms with Gasteiger partial charge in [-0.15, -0.1) is 0 Å². The van der Waals surface area contributed by atoms with Crippen molar-refractivity contribution >= 4 is 67.1 Å². The molecule has 0 radical (unpaired) electrons. The van der Waals surface area contributed by atoms with Crippen LogP contribution in [0.4, 0.5) is 11.4 Å². The van der Waals surface area contributed by atoms with Crippen LogP contribution in [-0.2, 0) is 18.3 Å². The molecule has 0 saturated heterocycles. The lowest BCUT2D eigenvalue weighted by molar-refractivity contribution is 0.607. The van der Waals surface area contributed by atoms with Crippen molar-refractivity contribution in [2.24, 2.45) is 0 Å². The van der Waals surface area contributed by atoms with E-state index in [1.54, 1.807) is 5.57 Å². The predicted molar refractivity (Wildman–Crippen MR) is 291 cm³/mol. The maximum atomic E-state index is 4.69. The predicted octanol–water partition coefficient (Wildman–Crippen LogP) is 18.7. The molecule has 338 valence electrons. The van der Waals surface area contributed by atoms with Gasteiger partial charge in [-0.2, -0.15) is 0 Å². The third-order valence-electron chi connectivity index (χ3n) is 12.9. The summed E-state index contributed by atoms with van der Waals surface area (Å²) in [5.41, 5.74) is 19.7. The van der Waals surface area contributed by atoms with Crippen LogP contribution in [0.25, 0.3) is 55.8 Å². The number of para-hydroxylation sites is 2. The smallest absolute Gasteiger partial charge is 0.0638 e. The molecule has 0 fully saturated rings. The number of fused-ring (bicyclic) bond motifs is 10. The SMILES string of the molecule is C=C1/C=C\C=C(\n2c3c(c4c2ccc2c5ccccc5n(C5=CC=CCC5)c24)C=CCC3)Cc2cc3c(cc2N1c1ccccc1)C(C)(C)C1=C3C=CCC1.CC.CC.CC.CC.CC. The van der Waals surface area contributed by atoms with E-state index in [0.717, 1.165) is 56.3 Å². The minimum Gasteiger partial charge on any atom is -0.316 e. The molecule has 4 aliphatic carbocycles. The Morgan fingerprint density at radius 2 is 1.26 bits per heavy atom. The van der Waals surface area contributed by atoms with E-state index >= 15 is 0 Å². The molecule has 2 aromatic heterocycles. The van der Waals surface area contributed by atoms with Gasteiger partial charge in [0, 0.05) is 62.0 Å². The van der Waals surface area contributed by atoms with Gasteiger partial charge in [-0.1, -0.05) is 180 Å². The molecule has 3 nitrogen and oxygen atoms in total. The van der Waals surface area contributed by atoms with Crippen LogP contribution in [0.1, 0.15) is 143 Å². The molecule has 0 spiro atoms. The Morgan fingerprint density at radius 3 is 2.00 bits per heavy atom. The lowest BCUT2D eigenvalue weighted by Crippen LogP contribution is -2.21. The highest BCUT2D eigenvalue weighted by atomic mass is 15.1. The molecule has 0 unspecified atom stereocenters. The Hall–Kier alpha value is -6.06. The number of allylic oxidation sites excluding steroid dienone is 13. The van der Waals surface area contributed by atoms with Crippen LogP contribution < -0.4 is 4.90 Å². The number of aromatic nitrogens is 2. The highest BCUT2D eigenvalue weighted by molar-refractivity contribution is 6.21. The second-order valence-corrected chi connectivity index (χ2v) is 16.3. The van der Waals surface area contributed by atoms with Crippen LogP contribution in [0.15, 0.2) is 151 Å². The number of nitrogens with zero attached hydrogens (tertiary/aromatic N) is 3. The Balaban J connectivity index is 0.000000658. The highest BCUT2D eigenvalue weighted by Gasteiger charge is 2.39. The Bertz CT molecular complexity index is 2870. The van der Waals surface area contributed by atoms with E-state index in [2.05, 4.69) is 168 Å². The lowest BCUT2D eigenvalue weighted by atomic mass is 9.78. The summed E-state index contributed by atoms with van der Waals surface area (Å²) in [6.07, 6.45) is 30.3. The maximum absolute atomic E-state index is 4.69. The molecule has 5 aliphatic rings. The first kappa shape index (κ1) is 48.4. The van der Waals surface area contributed by atoms with Gasteiger partial charge in [-0.05, 0) is 115 Å². The Kier molecular flexibility index (Phi) is 16.2. The van der Waals surface area contributed by atoms with Crippen LogP contribution >= 0.6 is 0 Å². The van der Waals surface area contributed by atoms with Crippen LogP contribution in [0.3, 0.4) is 0 Å². The summed E-state index contributed by atoms with van der Waals surface area (Å²) in [4.78, 5) is 2.38. The minimum atomic E-state index is -0.0312. The summed E-state index contributed by atoms with van der Waals surface area (Å²) < 4.78 is 5.20. The maximum Gasteiger partial charge on any atom is 0.0638 e. The minimum absolute atomic E-state index is 0.0312. The van der Waals surface area contributed by atoms with E-state index in [9.17, 15) is 0 Å². The Morgan fingerprint density at radius 1 is 0.585 bits per heavy atom. The Labute approximate surface area is 392 Å². The third kappa shape index (κ3) is 8.51. The van der Waals surface area contributed by atoms with Crippen molar-refractivity contribution in [3.63, 3.8) is 0 Å². The average Bonchev–Trinajstić information content (AvgIpc) is 3.99. The molecule has 0 saturated carbocycles. The van der Waals surface area contributed by atoms with Crippen molar-refractivity contribution in [2.75, 3.05) is 4.90 Å². The summed E-state index contributed by atoms with van der Waals surface area (Å²) in [5, 5.41) is 3.99. The average molecular weight is 862 g/mol. The summed E-state index contributed by atoms with van der Waals surface area (Å²) in [6.45, 7) is 29.5. The molecular formula is C62H75N3. The van der Waals surface area contributed by atoms with E-state index in [-0.39, 0.29) is 5.41 Å². The van der Waals surface area contributed by atoms with Gasteiger partial charge in [0.15, 0.2) is 0 Å². The van der Waals surface area contributed by atoms with E-state index in [1.807, 2.05) is 69.2 Å². The van der Waals surface area contributed by atoms with Gasteiger partial charge < -0.3 is 14.0 Å². The molecule has 4 aromatic carbocycles. The van der Waals surface area contributed by atoms with Crippen LogP contribution in [0, 0.1) is 0 Å². The number of hydrogen-bond donors (Lipinski definition) is 0. The van der Waals surface area contributed by atoms with Gasteiger partial charge in [0.25, 0.3) is 0 Å². The highest BCUT2D eigenvalue weighted by Crippen LogP contribution is 2.53. The summed E-state index contributed by atoms with van der Waals surface area (Å²) in [6, 6.07) is 29.6. The van der Waals surface area contributed by atoms with Crippen LogP contribution in [0.5, 0.6) is 0 Å². The zero-order valence-electron chi connectivity index (χ0n) is 41.8. The normalized spacial score (nSPS) is 17.5. The van der Waals surface area contributed by atoms with E-state index in [4.69, 9.17) is 6.58 Å². The molecule has 0 amide bonds. The molecule has 1 aliphatic heterocycles. The van der Waals surface area contributed by atoms with Crippen molar-refractivity contribution in [3.8, 4) is 0 Å². The fourth-order valence-corrected chi connectivity index (χ4v) is 10.4. The molecule has 6 aromatic rings. The first-order chi connectivity index (χ1) is 32.0. The molecule has 3 heteroatoms. The van der Waals surface area contributed by atoms with Crippen molar-refractivity contribution < 1.29 is 0 Å². The fourth-order valence-electron chi connectivity index (χ4n) is 10.4. The van der Waals surface area contributed by atoms with Crippen LogP contribution in [-0.4, -0.2) is 9.13 Å². The first-order valence-electron chi connectivity index (χ1n) is 25.1. The van der Waals surface area contributed by atoms with Gasteiger partial charge >= 0.3 is 0 Å². The molecular weight excluding hydrogens is 787 g/mol. The number of benzene rings is 4.